The average Bonchev–Trinajstić information content (AvgIpc) is 2.67. The summed E-state index contributed by atoms with van der Waals surface area (Å²) in [7, 11) is 1.17. The number of halogens is 1. The van der Waals surface area contributed by atoms with E-state index in [-0.39, 0.29) is 17.3 Å². The second-order valence-electron chi connectivity index (χ2n) is 5.36. The number of aromatic carboxylic acids is 1. The number of rotatable bonds is 6. The molecule has 3 aromatic rings. The molecule has 0 aliphatic rings. The lowest BCUT2D eigenvalue weighted by molar-refractivity contribution is -0.386. The zero-order valence-corrected chi connectivity index (χ0v) is 15.1. The van der Waals surface area contributed by atoms with Gasteiger partial charge in [-0.05, 0) is 17.2 Å². The molecule has 0 aliphatic carbocycles. The van der Waals surface area contributed by atoms with E-state index in [9.17, 15) is 20.0 Å². The maximum atomic E-state index is 11.9. The largest absolute Gasteiger partial charge is 0.478 e. The summed E-state index contributed by atoms with van der Waals surface area (Å²) in [6.45, 7) is 0. The molecular weight excluding hydrogens is 390 g/mol. The fourth-order valence-corrected chi connectivity index (χ4v) is 2.75. The molecule has 1 heterocycles. The van der Waals surface area contributed by atoms with E-state index in [1.54, 1.807) is 36.4 Å². The molecule has 0 saturated heterocycles. The Labute approximate surface area is 163 Å². The zero-order chi connectivity index (χ0) is 20.3. The Bertz CT molecular complexity index is 1060. The third-order valence-electron chi connectivity index (χ3n) is 3.69. The number of carboxylic acid groups (broad SMARTS) is 1. The quantitative estimate of drug-likeness (QED) is 0.370. The minimum absolute atomic E-state index is 0.0548. The van der Waals surface area contributed by atoms with Crippen molar-refractivity contribution >= 4 is 23.3 Å². The van der Waals surface area contributed by atoms with E-state index in [2.05, 4.69) is 9.97 Å². The van der Waals surface area contributed by atoms with Crippen LogP contribution in [0.3, 0.4) is 0 Å². The Morgan fingerprint density at radius 3 is 2.46 bits per heavy atom. The fourth-order valence-electron chi connectivity index (χ4n) is 2.52. The van der Waals surface area contributed by atoms with Crippen molar-refractivity contribution in [1.29, 1.82) is 0 Å². The monoisotopic (exact) mass is 401 g/mol. The van der Waals surface area contributed by atoms with Crippen molar-refractivity contribution < 1.29 is 24.3 Å². The normalized spacial score (nSPS) is 10.4. The second kappa shape index (κ2) is 7.89. The predicted octanol–water partition coefficient (Wildman–Crippen LogP) is 4.20. The summed E-state index contributed by atoms with van der Waals surface area (Å²) in [5.74, 6) is -1.69. The predicted molar refractivity (Wildman–Crippen MR) is 99.2 cm³/mol. The van der Waals surface area contributed by atoms with E-state index >= 15 is 0 Å². The van der Waals surface area contributed by atoms with Gasteiger partial charge in [0.1, 0.15) is 11.3 Å². The van der Waals surface area contributed by atoms with E-state index in [0.717, 1.165) is 0 Å². The highest BCUT2D eigenvalue weighted by Gasteiger charge is 2.26. The number of hydrogen-bond donors (Lipinski definition) is 1. The van der Waals surface area contributed by atoms with Gasteiger partial charge in [-0.15, -0.1) is 0 Å². The van der Waals surface area contributed by atoms with Gasteiger partial charge in [0.2, 0.25) is 5.15 Å². The van der Waals surface area contributed by atoms with Gasteiger partial charge in [0.25, 0.3) is 0 Å². The molecule has 9 nitrogen and oxygen atoms in total. The van der Waals surface area contributed by atoms with Crippen molar-refractivity contribution in [2.75, 3.05) is 7.11 Å². The van der Waals surface area contributed by atoms with E-state index in [0.29, 0.717) is 11.1 Å². The molecule has 142 valence electrons. The van der Waals surface area contributed by atoms with Crippen LogP contribution in [0.25, 0.3) is 11.1 Å². The van der Waals surface area contributed by atoms with Crippen LogP contribution in [-0.4, -0.2) is 33.1 Å². The number of aromatic nitrogens is 2. The van der Waals surface area contributed by atoms with Gasteiger partial charge in [-0.1, -0.05) is 54.1 Å². The number of benzene rings is 2. The van der Waals surface area contributed by atoms with Gasteiger partial charge in [-0.2, -0.15) is 9.97 Å². The molecule has 3 rings (SSSR count). The number of carbonyl (C=O) groups is 1. The van der Waals surface area contributed by atoms with Crippen molar-refractivity contribution in [2.24, 2.45) is 0 Å². The lowest BCUT2D eigenvalue weighted by atomic mass is 9.99. The molecule has 0 fully saturated rings. The fraction of sp³-hybridized carbons (Fsp3) is 0.0556. The first-order valence-corrected chi connectivity index (χ1v) is 8.15. The van der Waals surface area contributed by atoms with Crippen molar-refractivity contribution in [1.82, 2.24) is 9.97 Å². The minimum Gasteiger partial charge on any atom is -0.478 e. The van der Waals surface area contributed by atoms with Crippen LogP contribution >= 0.6 is 11.6 Å². The second-order valence-corrected chi connectivity index (χ2v) is 5.72. The Balaban J connectivity index is 2.10. The molecule has 1 aromatic heterocycles. The van der Waals surface area contributed by atoms with Gasteiger partial charge in [-0.3, -0.25) is 10.1 Å². The van der Waals surface area contributed by atoms with Crippen molar-refractivity contribution in [3.05, 3.63) is 69.4 Å². The molecular formula is C18H12ClN3O6. The lowest BCUT2D eigenvalue weighted by Gasteiger charge is -2.12. The SMILES string of the molecule is COc1nc(Oc2cccc(-c3ccccc3)c2C(=O)O)nc(Cl)c1[N+](=O)[O-]. The molecule has 1 N–H and O–H groups in total. The maximum absolute atomic E-state index is 11.9. The summed E-state index contributed by atoms with van der Waals surface area (Å²) < 4.78 is 10.4. The zero-order valence-electron chi connectivity index (χ0n) is 14.3. The van der Waals surface area contributed by atoms with E-state index in [4.69, 9.17) is 21.1 Å². The summed E-state index contributed by atoms with van der Waals surface area (Å²) in [6.07, 6.45) is 0. The van der Waals surface area contributed by atoms with Crippen LogP contribution in [0.15, 0.2) is 48.5 Å². The summed E-state index contributed by atoms with van der Waals surface area (Å²) >= 11 is 5.83. The van der Waals surface area contributed by atoms with Crippen LogP contribution in [0.1, 0.15) is 10.4 Å². The number of carboxylic acids is 1. The number of nitro groups is 1. The van der Waals surface area contributed by atoms with Crippen molar-refractivity contribution in [3.8, 4) is 28.8 Å². The first-order valence-electron chi connectivity index (χ1n) is 7.78. The molecule has 0 spiro atoms. The van der Waals surface area contributed by atoms with Crippen LogP contribution in [-0.2, 0) is 0 Å². The van der Waals surface area contributed by atoms with Crippen LogP contribution in [0, 0.1) is 10.1 Å². The highest BCUT2D eigenvalue weighted by atomic mass is 35.5. The van der Waals surface area contributed by atoms with Crippen LogP contribution in [0.5, 0.6) is 17.6 Å². The molecule has 0 saturated carbocycles. The summed E-state index contributed by atoms with van der Waals surface area (Å²) in [5, 5.41) is 20.3. The molecule has 2 aromatic carbocycles. The molecule has 28 heavy (non-hydrogen) atoms. The third-order valence-corrected chi connectivity index (χ3v) is 3.95. The van der Waals surface area contributed by atoms with Gasteiger partial charge in [0.05, 0.1) is 12.0 Å². The highest BCUT2D eigenvalue weighted by Crippen LogP contribution is 2.36. The summed E-state index contributed by atoms with van der Waals surface area (Å²) in [4.78, 5) is 29.7. The standard InChI is InChI=1S/C18H12ClN3O6/c1-27-16-14(22(25)26)15(19)20-18(21-16)28-12-9-5-8-11(13(12)17(23)24)10-6-3-2-4-7-10/h2-9H,1H3,(H,23,24). The summed E-state index contributed by atoms with van der Waals surface area (Å²) in [5.41, 5.74) is 0.356. The summed E-state index contributed by atoms with van der Waals surface area (Å²) in [6, 6.07) is 13.1. The molecule has 0 unspecified atom stereocenters. The molecule has 0 aliphatic heterocycles. The van der Waals surface area contributed by atoms with Crippen LogP contribution in [0.4, 0.5) is 5.69 Å². The van der Waals surface area contributed by atoms with E-state index < -0.39 is 27.6 Å². The molecule has 0 amide bonds. The minimum atomic E-state index is -1.23. The third kappa shape index (κ3) is 3.69. The van der Waals surface area contributed by atoms with Gasteiger partial charge >= 0.3 is 23.5 Å². The van der Waals surface area contributed by atoms with Gasteiger partial charge in [0, 0.05) is 0 Å². The number of nitrogens with zero attached hydrogens (tertiary/aromatic N) is 3. The topological polar surface area (TPSA) is 125 Å². The average molecular weight is 402 g/mol. The Hall–Kier alpha value is -3.72. The number of ether oxygens (including phenoxy) is 2. The Morgan fingerprint density at radius 2 is 1.86 bits per heavy atom. The maximum Gasteiger partial charge on any atom is 0.368 e. The Kier molecular flexibility index (Phi) is 5.37. The molecule has 10 heteroatoms. The molecule has 0 atom stereocenters. The van der Waals surface area contributed by atoms with Crippen molar-refractivity contribution in [3.63, 3.8) is 0 Å². The number of hydrogen-bond acceptors (Lipinski definition) is 7. The first-order chi connectivity index (χ1) is 13.4. The first kappa shape index (κ1) is 19.1. The van der Waals surface area contributed by atoms with E-state index in [1.807, 2.05) is 6.07 Å². The Morgan fingerprint density at radius 1 is 1.14 bits per heavy atom. The molecule has 0 radical (unpaired) electrons. The van der Waals surface area contributed by atoms with Gasteiger partial charge in [-0.25, -0.2) is 4.79 Å². The van der Waals surface area contributed by atoms with Gasteiger partial charge in [0.15, 0.2) is 0 Å². The van der Waals surface area contributed by atoms with Crippen LogP contribution in [0.2, 0.25) is 5.15 Å². The van der Waals surface area contributed by atoms with E-state index in [1.165, 1.54) is 13.2 Å². The molecule has 0 bridgehead atoms. The van der Waals surface area contributed by atoms with Crippen LogP contribution < -0.4 is 9.47 Å². The van der Waals surface area contributed by atoms with Crippen molar-refractivity contribution in [2.45, 2.75) is 0 Å². The number of methoxy groups -OCH3 is 1. The smallest absolute Gasteiger partial charge is 0.368 e. The van der Waals surface area contributed by atoms with Gasteiger partial charge < -0.3 is 14.6 Å². The lowest BCUT2D eigenvalue weighted by Crippen LogP contribution is -2.05. The highest BCUT2D eigenvalue weighted by molar-refractivity contribution is 6.31.